The van der Waals surface area contributed by atoms with E-state index in [4.69, 9.17) is 0 Å². The number of benzene rings is 2. The van der Waals surface area contributed by atoms with Gasteiger partial charge < -0.3 is 5.32 Å². The summed E-state index contributed by atoms with van der Waals surface area (Å²) in [6.45, 7) is 1.77. The molecular weight excluding hydrogens is 383 g/mol. The maximum atomic E-state index is 13.1. The van der Waals surface area contributed by atoms with Gasteiger partial charge in [-0.3, -0.25) is 14.5 Å². The molecule has 0 aliphatic carbocycles. The molecule has 0 fully saturated rings. The van der Waals surface area contributed by atoms with Gasteiger partial charge in [-0.1, -0.05) is 29.8 Å². The van der Waals surface area contributed by atoms with Gasteiger partial charge in [0.05, 0.1) is 12.1 Å². The average Bonchev–Trinajstić information content (AvgIpc) is 2.87. The topological polar surface area (TPSA) is 74.7 Å². The van der Waals surface area contributed by atoms with Crippen LogP contribution in [-0.4, -0.2) is 29.1 Å². The number of aryl methyl sites for hydroxylation is 1. The Morgan fingerprint density at radius 2 is 1.83 bits per heavy atom. The van der Waals surface area contributed by atoms with Crippen LogP contribution >= 0.6 is 0 Å². The van der Waals surface area contributed by atoms with E-state index in [2.05, 4.69) is 15.3 Å². The Morgan fingerprint density at radius 1 is 1.10 bits per heavy atom. The molecule has 1 aliphatic rings. The Balaban J connectivity index is 1.60. The number of aliphatic imine (C=N–C) groups is 1. The van der Waals surface area contributed by atoms with Crippen LogP contribution in [0.25, 0.3) is 0 Å². The monoisotopic (exact) mass is 402 g/mol. The molecule has 2 amide bonds. The zero-order valence-corrected chi connectivity index (χ0v) is 16.3. The molecule has 3 aromatic rings. The van der Waals surface area contributed by atoms with E-state index in [0.29, 0.717) is 22.9 Å². The lowest BCUT2D eigenvalue weighted by Crippen LogP contribution is -2.38. The fraction of sp³-hybridized carbons (Fsp3) is 0.130. The lowest BCUT2D eigenvalue weighted by atomic mass is 10.1. The second-order valence-electron chi connectivity index (χ2n) is 6.98. The summed E-state index contributed by atoms with van der Waals surface area (Å²) in [4.78, 5) is 35.9. The van der Waals surface area contributed by atoms with Crippen LogP contribution in [-0.2, 0) is 9.59 Å². The van der Waals surface area contributed by atoms with Crippen LogP contribution in [0.5, 0.6) is 0 Å². The van der Waals surface area contributed by atoms with Crippen molar-refractivity contribution in [3.63, 3.8) is 0 Å². The molecule has 7 heteroatoms. The Kier molecular flexibility index (Phi) is 5.34. The maximum absolute atomic E-state index is 13.1. The SMILES string of the molecule is Cc1ccc(C2=Nc3cccnc3N(CC(=O)Nc3ccc(F)cc3)C(=O)C2)cc1. The van der Waals surface area contributed by atoms with Crippen molar-refractivity contribution in [1.29, 1.82) is 0 Å². The number of rotatable bonds is 4. The Labute approximate surface area is 173 Å². The molecule has 1 N–H and O–H groups in total. The van der Waals surface area contributed by atoms with Crippen molar-refractivity contribution in [1.82, 2.24) is 4.98 Å². The minimum absolute atomic E-state index is 0.0449. The molecule has 4 rings (SSSR count). The predicted octanol–water partition coefficient (Wildman–Crippen LogP) is 4.03. The third kappa shape index (κ3) is 4.25. The lowest BCUT2D eigenvalue weighted by molar-refractivity contribution is -0.120. The van der Waals surface area contributed by atoms with Gasteiger partial charge in [0.15, 0.2) is 5.82 Å². The zero-order valence-electron chi connectivity index (χ0n) is 16.3. The molecule has 0 saturated heterocycles. The summed E-state index contributed by atoms with van der Waals surface area (Å²) in [7, 11) is 0. The quantitative estimate of drug-likeness (QED) is 0.716. The fourth-order valence-corrected chi connectivity index (χ4v) is 3.18. The Morgan fingerprint density at radius 3 is 2.57 bits per heavy atom. The van der Waals surface area contributed by atoms with Gasteiger partial charge in [0, 0.05) is 11.9 Å². The van der Waals surface area contributed by atoms with Crippen molar-refractivity contribution in [2.24, 2.45) is 4.99 Å². The van der Waals surface area contributed by atoms with E-state index in [1.165, 1.54) is 29.2 Å². The highest BCUT2D eigenvalue weighted by atomic mass is 19.1. The van der Waals surface area contributed by atoms with Crippen LogP contribution in [0.1, 0.15) is 17.5 Å². The molecule has 1 aromatic heterocycles. The number of pyridine rings is 1. The summed E-state index contributed by atoms with van der Waals surface area (Å²) in [5.41, 5.74) is 3.55. The van der Waals surface area contributed by atoms with E-state index in [0.717, 1.165) is 11.1 Å². The fourth-order valence-electron chi connectivity index (χ4n) is 3.18. The van der Waals surface area contributed by atoms with Gasteiger partial charge in [-0.25, -0.2) is 14.4 Å². The third-order valence-corrected chi connectivity index (χ3v) is 4.71. The number of carbonyl (C=O) groups excluding carboxylic acids is 2. The highest BCUT2D eigenvalue weighted by molar-refractivity contribution is 6.18. The van der Waals surface area contributed by atoms with E-state index in [1.807, 2.05) is 31.2 Å². The number of hydrogen-bond donors (Lipinski definition) is 1. The first-order chi connectivity index (χ1) is 14.5. The van der Waals surface area contributed by atoms with Crippen molar-refractivity contribution in [2.45, 2.75) is 13.3 Å². The minimum atomic E-state index is -0.412. The molecule has 150 valence electrons. The van der Waals surface area contributed by atoms with E-state index < -0.39 is 11.7 Å². The summed E-state index contributed by atoms with van der Waals surface area (Å²) in [6.07, 6.45) is 1.60. The highest BCUT2D eigenvalue weighted by Gasteiger charge is 2.27. The summed E-state index contributed by atoms with van der Waals surface area (Å²) in [6, 6.07) is 16.7. The number of nitrogens with one attached hydrogen (secondary N) is 1. The van der Waals surface area contributed by atoms with Crippen molar-refractivity contribution in [2.75, 3.05) is 16.8 Å². The van der Waals surface area contributed by atoms with Gasteiger partial charge in [-0.2, -0.15) is 0 Å². The number of nitrogens with zero attached hydrogens (tertiary/aromatic N) is 3. The van der Waals surface area contributed by atoms with Crippen molar-refractivity contribution in [3.05, 3.63) is 83.8 Å². The van der Waals surface area contributed by atoms with Gasteiger partial charge in [0.1, 0.15) is 18.0 Å². The van der Waals surface area contributed by atoms with E-state index >= 15 is 0 Å². The molecule has 0 atom stereocenters. The molecule has 6 nitrogen and oxygen atoms in total. The van der Waals surface area contributed by atoms with Crippen molar-refractivity contribution in [3.8, 4) is 0 Å². The number of amides is 2. The van der Waals surface area contributed by atoms with Crippen molar-refractivity contribution >= 4 is 34.7 Å². The molecule has 0 bridgehead atoms. The molecule has 0 saturated carbocycles. The molecule has 0 unspecified atom stereocenters. The molecule has 1 aliphatic heterocycles. The zero-order chi connectivity index (χ0) is 21.1. The number of aromatic nitrogens is 1. The van der Waals surface area contributed by atoms with Gasteiger partial charge in [0.2, 0.25) is 11.8 Å². The lowest BCUT2D eigenvalue weighted by Gasteiger charge is -2.20. The molecule has 0 radical (unpaired) electrons. The van der Waals surface area contributed by atoms with Crippen LogP contribution in [0.2, 0.25) is 0 Å². The largest absolute Gasteiger partial charge is 0.325 e. The first kappa shape index (κ1) is 19.4. The van der Waals surface area contributed by atoms with E-state index in [1.54, 1.807) is 18.3 Å². The molecule has 0 spiro atoms. The van der Waals surface area contributed by atoms with Crippen LogP contribution in [0, 0.1) is 12.7 Å². The van der Waals surface area contributed by atoms with Crippen LogP contribution in [0.4, 0.5) is 21.6 Å². The first-order valence-corrected chi connectivity index (χ1v) is 9.45. The standard InChI is InChI=1S/C23H19FN4O2/c1-15-4-6-16(7-5-15)20-13-22(30)28(23-19(27-20)3-2-12-25-23)14-21(29)26-18-10-8-17(24)9-11-18/h2-12H,13-14H2,1H3,(H,26,29). The minimum Gasteiger partial charge on any atom is -0.325 e. The number of anilines is 2. The Bertz CT molecular complexity index is 1120. The number of carbonyl (C=O) groups is 2. The smallest absolute Gasteiger partial charge is 0.244 e. The van der Waals surface area contributed by atoms with Gasteiger partial charge >= 0.3 is 0 Å². The average molecular weight is 402 g/mol. The van der Waals surface area contributed by atoms with E-state index in [-0.39, 0.29) is 18.9 Å². The molecule has 30 heavy (non-hydrogen) atoms. The summed E-state index contributed by atoms with van der Waals surface area (Å²) in [5, 5.41) is 2.67. The third-order valence-electron chi connectivity index (χ3n) is 4.71. The van der Waals surface area contributed by atoms with Gasteiger partial charge in [-0.05, 0) is 48.9 Å². The normalized spacial score (nSPS) is 13.3. The second kappa shape index (κ2) is 8.24. The van der Waals surface area contributed by atoms with Gasteiger partial charge in [-0.15, -0.1) is 0 Å². The molecule has 2 aromatic carbocycles. The van der Waals surface area contributed by atoms with E-state index in [9.17, 15) is 14.0 Å². The Hall–Kier alpha value is -3.87. The second-order valence-corrected chi connectivity index (χ2v) is 6.98. The van der Waals surface area contributed by atoms with Crippen LogP contribution < -0.4 is 10.2 Å². The summed E-state index contributed by atoms with van der Waals surface area (Å²) < 4.78 is 13.1. The van der Waals surface area contributed by atoms with Crippen LogP contribution in [0.3, 0.4) is 0 Å². The first-order valence-electron chi connectivity index (χ1n) is 9.45. The van der Waals surface area contributed by atoms with Gasteiger partial charge in [0.25, 0.3) is 0 Å². The summed E-state index contributed by atoms with van der Waals surface area (Å²) in [5.74, 6) is -0.750. The molecule has 2 heterocycles. The number of halogens is 1. The highest BCUT2D eigenvalue weighted by Crippen LogP contribution is 2.30. The number of hydrogen-bond acceptors (Lipinski definition) is 4. The molecular formula is C23H19FN4O2. The van der Waals surface area contributed by atoms with Crippen molar-refractivity contribution < 1.29 is 14.0 Å². The number of fused-ring (bicyclic) bond motifs is 1. The maximum Gasteiger partial charge on any atom is 0.244 e. The summed E-state index contributed by atoms with van der Waals surface area (Å²) >= 11 is 0. The van der Waals surface area contributed by atoms with Crippen LogP contribution in [0.15, 0.2) is 71.9 Å². The predicted molar refractivity (Wildman–Crippen MR) is 114 cm³/mol.